The second kappa shape index (κ2) is 4.17. The molecule has 18 heavy (non-hydrogen) atoms. The molecule has 0 nitrogen and oxygen atoms in total. The highest BCUT2D eigenvalue weighted by molar-refractivity contribution is 5.42. The van der Waals surface area contributed by atoms with Crippen molar-refractivity contribution in [1.82, 2.24) is 0 Å². The van der Waals surface area contributed by atoms with E-state index in [0.29, 0.717) is 19.3 Å². The van der Waals surface area contributed by atoms with Crippen LogP contribution < -0.4 is 0 Å². The molecule has 1 saturated carbocycles. The third-order valence-electron chi connectivity index (χ3n) is 3.23. The Bertz CT molecular complexity index is 407. The van der Waals surface area contributed by atoms with Gasteiger partial charge in [-0.25, -0.2) is 0 Å². The molecule has 100 valence electrons. The van der Waals surface area contributed by atoms with Gasteiger partial charge in [0.25, 0.3) is 0 Å². The Kier molecular flexibility index (Phi) is 3.07. The van der Waals surface area contributed by atoms with Crippen LogP contribution >= 0.6 is 0 Å². The predicted molar refractivity (Wildman–Crippen MR) is 53.0 cm³/mol. The molecule has 0 heterocycles. The van der Waals surface area contributed by atoms with Crippen LogP contribution in [-0.2, 0) is 12.4 Å². The molecule has 1 fully saturated rings. The number of alkyl halides is 6. The maximum absolute atomic E-state index is 12.8. The monoisotopic (exact) mass is 268 g/mol. The van der Waals surface area contributed by atoms with Gasteiger partial charge in [0.2, 0.25) is 0 Å². The molecule has 0 atom stereocenters. The molecule has 0 N–H and O–H groups in total. The average molecular weight is 268 g/mol. The second-order valence-electron chi connectivity index (χ2n) is 4.39. The average Bonchev–Trinajstić information content (AvgIpc) is 2.11. The van der Waals surface area contributed by atoms with Gasteiger partial charge in [-0.1, -0.05) is 12.5 Å². The van der Waals surface area contributed by atoms with Crippen molar-refractivity contribution in [2.24, 2.45) is 0 Å². The van der Waals surface area contributed by atoms with Crippen LogP contribution in [0.1, 0.15) is 41.9 Å². The zero-order chi connectivity index (χ0) is 13.6. The van der Waals surface area contributed by atoms with Crippen LogP contribution in [0, 0.1) is 0 Å². The molecular weight excluding hydrogens is 258 g/mol. The molecule has 1 aromatic carbocycles. The minimum Gasteiger partial charge on any atom is -0.166 e. The smallest absolute Gasteiger partial charge is 0.166 e. The normalized spacial score (nSPS) is 17.7. The molecule has 0 unspecified atom stereocenters. The summed E-state index contributed by atoms with van der Waals surface area (Å²) in [6.07, 6.45) is -8.04. The van der Waals surface area contributed by atoms with Gasteiger partial charge >= 0.3 is 12.4 Å². The fourth-order valence-corrected chi connectivity index (χ4v) is 2.20. The van der Waals surface area contributed by atoms with Gasteiger partial charge in [-0.2, -0.15) is 26.3 Å². The summed E-state index contributed by atoms with van der Waals surface area (Å²) in [6, 6.07) is 2.26. The lowest BCUT2D eigenvalue weighted by molar-refractivity contribution is -0.145. The third kappa shape index (κ3) is 2.33. The molecule has 0 amide bonds. The molecule has 0 radical (unpaired) electrons. The van der Waals surface area contributed by atoms with Crippen LogP contribution in [0.5, 0.6) is 0 Å². The standard InChI is InChI=1S/C12H10F6/c13-11(14,15)8-5-2-6-9(12(16,17)18)10(8)7-3-1-4-7/h2,5-7H,1,3-4H2. The molecule has 0 aliphatic heterocycles. The summed E-state index contributed by atoms with van der Waals surface area (Å²) in [4.78, 5) is 0. The third-order valence-corrected chi connectivity index (χ3v) is 3.23. The maximum Gasteiger partial charge on any atom is 0.416 e. The number of benzene rings is 1. The first-order valence-corrected chi connectivity index (χ1v) is 5.48. The number of halogens is 6. The molecule has 0 aromatic heterocycles. The Morgan fingerprint density at radius 2 is 1.28 bits per heavy atom. The summed E-state index contributed by atoms with van der Waals surface area (Å²) in [7, 11) is 0. The maximum atomic E-state index is 12.8. The van der Waals surface area contributed by atoms with E-state index in [-0.39, 0.29) is 0 Å². The molecule has 2 rings (SSSR count). The van der Waals surface area contributed by atoms with Gasteiger partial charge in [-0.3, -0.25) is 0 Å². The molecule has 1 aromatic rings. The second-order valence-corrected chi connectivity index (χ2v) is 4.39. The quantitative estimate of drug-likeness (QED) is 0.629. The number of hydrogen-bond donors (Lipinski definition) is 0. The van der Waals surface area contributed by atoms with Gasteiger partial charge in [0.15, 0.2) is 0 Å². The van der Waals surface area contributed by atoms with E-state index in [1.54, 1.807) is 0 Å². The number of rotatable bonds is 1. The van der Waals surface area contributed by atoms with Crippen LogP contribution in [0.25, 0.3) is 0 Å². The van der Waals surface area contributed by atoms with E-state index in [9.17, 15) is 26.3 Å². The van der Waals surface area contributed by atoms with Gasteiger partial charge in [0.05, 0.1) is 11.1 Å². The van der Waals surface area contributed by atoms with Crippen molar-refractivity contribution in [2.45, 2.75) is 37.5 Å². The first-order chi connectivity index (χ1) is 8.21. The van der Waals surface area contributed by atoms with E-state index >= 15 is 0 Å². The van der Waals surface area contributed by atoms with E-state index < -0.39 is 35.0 Å². The number of hydrogen-bond acceptors (Lipinski definition) is 0. The zero-order valence-corrected chi connectivity index (χ0v) is 9.20. The van der Waals surface area contributed by atoms with Crippen LogP contribution in [0.3, 0.4) is 0 Å². The van der Waals surface area contributed by atoms with Crippen molar-refractivity contribution in [3.63, 3.8) is 0 Å². The Balaban J connectivity index is 2.61. The largest absolute Gasteiger partial charge is 0.416 e. The summed E-state index contributed by atoms with van der Waals surface area (Å²) in [5.41, 5.74) is -2.88. The molecule has 6 heteroatoms. The van der Waals surface area contributed by atoms with E-state index in [0.717, 1.165) is 18.2 Å². The summed E-state index contributed by atoms with van der Waals surface area (Å²) >= 11 is 0. The molecule has 0 spiro atoms. The lowest BCUT2D eigenvalue weighted by atomic mass is 9.76. The van der Waals surface area contributed by atoms with Gasteiger partial charge in [-0.15, -0.1) is 0 Å². The van der Waals surface area contributed by atoms with Gasteiger partial charge in [0, 0.05) is 0 Å². The molecule has 1 aliphatic rings. The Morgan fingerprint density at radius 1 is 0.833 bits per heavy atom. The molecular formula is C12H10F6. The fourth-order valence-electron chi connectivity index (χ4n) is 2.20. The van der Waals surface area contributed by atoms with Crippen molar-refractivity contribution in [3.8, 4) is 0 Å². The van der Waals surface area contributed by atoms with Gasteiger partial charge < -0.3 is 0 Å². The van der Waals surface area contributed by atoms with Crippen molar-refractivity contribution < 1.29 is 26.3 Å². The summed E-state index contributed by atoms with van der Waals surface area (Å²) in [6.45, 7) is 0. The van der Waals surface area contributed by atoms with Crippen LogP contribution in [0.2, 0.25) is 0 Å². The minimum absolute atomic E-state index is 0.385. The summed E-state index contributed by atoms with van der Waals surface area (Å²) in [5.74, 6) is -0.626. The fraction of sp³-hybridized carbons (Fsp3) is 0.500. The van der Waals surface area contributed by atoms with Gasteiger partial charge in [0.1, 0.15) is 0 Å². The first kappa shape index (κ1) is 13.2. The van der Waals surface area contributed by atoms with Crippen LogP contribution in [-0.4, -0.2) is 0 Å². The SMILES string of the molecule is FC(F)(F)c1cccc(C(F)(F)F)c1C1CCC1. The van der Waals surface area contributed by atoms with E-state index in [1.807, 2.05) is 0 Å². The highest BCUT2D eigenvalue weighted by atomic mass is 19.4. The molecule has 1 aliphatic carbocycles. The lowest BCUT2D eigenvalue weighted by Gasteiger charge is -2.31. The zero-order valence-electron chi connectivity index (χ0n) is 9.20. The van der Waals surface area contributed by atoms with Crippen molar-refractivity contribution in [2.75, 3.05) is 0 Å². The highest BCUT2D eigenvalue weighted by Crippen LogP contribution is 2.48. The first-order valence-electron chi connectivity index (χ1n) is 5.48. The Hall–Kier alpha value is -1.20. The van der Waals surface area contributed by atoms with Gasteiger partial charge in [-0.05, 0) is 36.5 Å². The molecule has 0 bridgehead atoms. The van der Waals surface area contributed by atoms with Crippen LogP contribution in [0.15, 0.2) is 18.2 Å². The van der Waals surface area contributed by atoms with E-state index in [4.69, 9.17) is 0 Å². The van der Waals surface area contributed by atoms with E-state index in [2.05, 4.69) is 0 Å². The minimum atomic E-state index is -4.74. The Morgan fingerprint density at radius 3 is 1.56 bits per heavy atom. The summed E-state index contributed by atoms with van der Waals surface area (Å²) < 4.78 is 76.6. The highest BCUT2D eigenvalue weighted by Gasteiger charge is 2.43. The van der Waals surface area contributed by atoms with Crippen molar-refractivity contribution in [3.05, 3.63) is 34.9 Å². The summed E-state index contributed by atoms with van der Waals surface area (Å²) in [5, 5.41) is 0. The van der Waals surface area contributed by atoms with Crippen molar-refractivity contribution >= 4 is 0 Å². The van der Waals surface area contributed by atoms with Crippen LogP contribution in [0.4, 0.5) is 26.3 Å². The lowest BCUT2D eigenvalue weighted by Crippen LogP contribution is -2.22. The predicted octanol–water partition coefficient (Wildman–Crippen LogP) is 4.99. The topological polar surface area (TPSA) is 0 Å². The van der Waals surface area contributed by atoms with E-state index in [1.165, 1.54) is 0 Å². The van der Waals surface area contributed by atoms with Crippen molar-refractivity contribution in [1.29, 1.82) is 0 Å². The Labute approximate surface area is 99.6 Å². The molecule has 0 saturated heterocycles.